The van der Waals surface area contributed by atoms with Gasteiger partial charge in [0.25, 0.3) is 0 Å². The van der Waals surface area contributed by atoms with E-state index >= 15 is 0 Å². The Bertz CT molecular complexity index is 393. The molecule has 0 saturated heterocycles. The first-order valence-corrected chi connectivity index (χ1v) is 6.36. The van der Waals surface area contributed by atoms with Gasteiger partial charge in [0.15, 0.2) is 0 Å². The molecule has 0 atom stereocenters. The summed E-state index contributed by atoms with van der Waals surface area (Å²) in [5.74, 6) is 1.99. The normalized spacial score (nSPS) is 9.50. The minimum atomic E-state index is 0.708. The molecule has 0 radical (unpaired) electrons. The molecular formula is C13H16N2S. The fourth-order valence-corrected chi connectivity index (χ4v) is 1.91. The summed E-state index contributed by atoms with van der Waals surface area (Å²) in [6, 6.07) is 8.01. The molecule has 0 bridgehead atoms. The Balaban J connectivity index is 2.49. The molecule has 0 amide bonds. The number of nitrogens with zero attached hydrogens (tertiary/aromatic N) is 1. The van der Waals surface area contributed by atoms with Gasteiger partial charge in [0.1, 0.15) is 6.07 Å². The van der Waals surface area contributed by atoms with Crippen LogP contribution in [0, 0.1) is 18.3 Å². The fraction of sp³-hybridized carbons (Fsp3) is 0.308. The second-order valence-corrected chi connectivity index (χ2v) is 4.60. The number of aryl methyl sites for hydroxylation is 1. The lowest BCUT2D eigenvalue weighted by molar-refractivity contribution is 1.22. The average Bonchev–Trinajstić information content (AvgIpc) is 2.29. The van der Waals surface area contributed by atoms with E-state index in [0.29, 0.717) is 5.56 Å². The van der Waals surface area contributed by atoms with Crippen LogP contribution in [0.4, 0.5) is 5.69 Å². The van der Waals surface area contributed by atoms with Crippen LogP contribution in [0.15, 0.2) is 30.9 Å². The van der Waals surface area contributed by atoms with Crippen molar-refractivity contribution in [3.8, 4) is 6.07 Å². The van der Waals surface area contributed by atoms with E-state index in [-0.39, 0.29) is 0 Å². The number of thioether (sulfide) groups is 1. The summed E-state index contributed by atoms with van der Waals surface area (Å²) in [4.78, 5) is 0. The monoisotopic (exact) mass is 232 g/mol. The van der Waals surface area contributed by atoms with Gasteiger partial charge in [-0.15, -0.1) is 6.58 Å². The fourth-order valence-electron chi connectivity index (χ4n) is 1.33. The highest BCUT2D eigenvalue weighted by atomic mass is 32.2. The van der Waals surface area contributed by atoms with Crippen LogP contribution in [-0.4, -0.2) is 18.1 Å². The Morgan fingerprint density at radius 2 is 2.38 bits per heavy atom. The number of hydrogen-bond donors (Lipinski definition) is 1. The van der Waals surface area contributed by atoms with Crippen LogP contribution in [0.2, 0.25) is 0 Å². The molecule has 16 heavy (non-hydrogen) atoms. The summed E-state index contributed by atoms with van der Waals surface area (Å²) in [5, 5.41) is 12.2. The van der Waals surface area contributed by atoms with Gasteiger partial charge in [-0.25, -0.2) is 0 Å². The highest BCUT2D eigenvalue weighted by Crippen LogP contribution is 2.16. The Morgan fingerprint density at radius 1 is 1.56 bits per heavy atom. The number of nitrogens with one attached hydrogen (secondary N) is 1. The minimum absolute atomic E-state index is 0.708. The highest BCUT2D eigenvalue weighted by molar-refractivity contribution is 7.99. The van der Waals surface area contributed by atoms with Gasteiger partial charge < -0.3 is 5.32 Å². The largest absolute Gasteiger partial charge is 0.383 e. The second kappa shape index (κ2) is 6.97. The van der Waals surface area contributed by atoms with Crippen molar-refractivity contribution >= 4 is 17.4 Å². The summed E-state index contributed by atoms with van der Waals surface area (Å²) in [7, 11) is 0. The lowest BCUT2D eigenvalue weighted by Gasteiger charge is -2.08. The molecule has 0 aromatic heterocycles. The molecule has 0 spiro atoms. The Kier molecular flexibility index (Phi) is 5.52. The lowest BCUT2D eigenvalue weighted by Crippen LogP contribution is -2.06. The SMILES string of the molecule is C=CCSCCNc1cc(C)ccc1C#N. The third-order valence-corrected chi connectivity index (χ3v) is 3.06. The predicted octanol–water partition coefficient (Wildman–Crippen LogP) is 3.20. The van der Waals surface area contributed by atoms with Gasteiger partial charge in [-0.05, 0) is 24.6 Å². The Morgan fingerprint density at radius 3 is 3.06 bits per heavy atom. The maximum absolute atomic E-state index is 8.94. The molecule has 0 fully saturated rings. The van der Waals surface area contributed by atoms with Gasteiger partial charge in [-0.3, -0.25) is 0 Å². The number of benzene rings is 1. The summed E-state index contributed by atoms with van der Waals surface area (Å²) in [6.45, 7) is 6.57. The molecular weight excluding hydrogens is 216 g/mol. The number of anilines is 1. The van der Waals surface area contributed by atoms with Crippen LogP contribution in [0.1, 0.15) is 11.1 Å². The lowest BCUT2D eigenvalue weighted by atomic mass is 10.1. The number of rotatable bonds is 6. The summed E-state index contributed by atoms with van der Waals surface area (Å²) in [6.07, 6.45) is 1.90. The summed E-state index contributed by atoms with van der Waals surface area (Å²) < 4.78 is 0. The molecule has 1 N–H and O–H groups in total. The van der Waals surface area contributed by atoms with E-state index in [0.717, 1.165) is 23.7 Å². The molecule has 0 aliphatic heterocycles. The van der Waals surface area contributed by atoms with Gasteiger partial charge in [0.2, 0.25) is 0 Å². The first kappa shape index (κ1) is 12.7. The molecule has 3 heteroatoms. The maximum Gasteiger partial charge on any atom is 0.101 e. The van der Waals surface area contributed by atoms with Gasteiger partial charge in [-0.2, -0.15) is 17.0 Å². The van der Waals surface area contributed by atoms with Crippen LogP contribution in [0.3, 0.4) is 0 Å². The molecule has 1 aromatic carbocycles. The van der Waals surface area contributed by atoms with Crippen molar-refractivity contribution < 1.29 is 0 Å². The molecule has 84 valence electrons. The number of nitriles is 1. The maximum atomic E-state index is 8.94. The third kappa shape index (κ3) is 4.00. The van der Waals surface area contributed by atoms with Crippen molar-refractivity contribution in [1.29, 1.82) is 5.26 Å². The van der Waals surface area contributed by atoms with Crippen LogP contribution in [0.5, 0.6) is 0 Å². The van der Waals surface area contributed by atoms with Crippen molar-refractivity contribution in [1.82, 2.24) is 0 Å². The first-order valence-electron chi connectivity index (χ1n) is 5.21. The van der Waals surface area contributed by atoms with E-state index < -0.39 is 0 Å². The quantitative estimate of drug-likeness (QED) is 0.604. The van der Waals surface area contributed by atoms with Crippen LogP contribution < -0.4 is 5.32 Å². The first-order chi connectivity index (χ1) is 7.77. The van der Waals surface area contributed by atoms with Gasteiger partial charge >= 0.3 is 0 Å². The predicted molar refractivity (Wildman–Crippen MR) is 71.9 cm³/mol. The van der Waals surface area contributed by atoms with Crippen molar-refractivity contribution in [2.75, 3.05) is 23.4 Å². The van der Waals surface area contributed by atoms with Crippen LogP contribution in [-0.2, 0) is 0 Å². The second-order valence-electron chi connectivity index (χ2n) is 3.45. The van der Waals surface area contributed by atoms with Crippen molar-refractivity contribution in [3.63, 3.8) is 0 Å². The van der Waals surface area contributed by atoms with E-state index in [1.54, 1.807) is 0 Å². The molecule has 1 aromatic rings. The van der Waals surface area contributed by atoms with E-state index in [1.165, 1.54) is 5.56 Å². The summed E-state index contributed by atoms with van der Waals surface area (Å²) in [5.41, 5.74) is 2.81. The highest BCUT2D eigenvalue weighted by Gasteiger charge is 2.00. The van der Waals surface area contributed by atoms with E-state index in [2.05, 4.69) is 18.0 Å². The standard InChI is InChI=1S/C13H16N2S/c1-3-7-16-8-6-15-13-9-11(2)4-5-12(13)10-14/h3-5,9,15H,1,6-8H2,2H3. The van der Waals surface area contributed by atoms with Crippen LogP contribution in [0.25, 0.3) is 0 Å². The topological polar surface area (TPSA) is 35.8 Å². The van der Waals surface area contributed by atoms with Gasteiger partial charge in [0, 0.05) is 18.1 Å². The summed E-state index contributed by atoms with van der Waals surface area (Å²) >= 11 is 1.83. The smallest absolute Gasteiger partial charge is 0.101 e. The number of hydrogen-bond acceptors (Lipinski definition) is 3. The van der Waals surface area contributed by atoms with E-state index in [9.17, 15) is 0 Å². The minimum Gasteiger partial charge on any atom is -0.383 e. The Hall–Kier alpha value is -1.40. The van der Waals surface area contributed by atoms with Gasteiger partial charge in [-0.1, -0.05) is 12.1 Å². The van der Waals surface area contributed by atoms with E-state index in [1.807, 2.05) is 43.0 Å². The molecule has 1 rings (SSSR count). The zero-order valence-corrected chi connectivity index (χ0v) is 10.3. The molecule has 0 aliphatic carbocycles. The van der Waals surface area contributed by atoms with E-state index in [4.69, 9.17) is 5.26 Å². The molecule has 0 aliphatic rings. The molecule has 0 heterocycles. The van der Waals surface area contributed by atoms with Gasteiger partial charge in [0.05, 0.1) is 11.3 Å². The van der Waals surface area contributed by atoms with Crippen molar-refractivity contribution in [2.24, 2.45) is 0 Å². The Labute approximate surface area is 101 Å². The van der Waals surface area contributed by atoms with Crippen molar-refractivity contribution in [3.05, 3.63) is 42.0 Å². The molecule has 2 nitrogen and oxygen atoms in total. The van der Waals surface area contributed by atoms with Crippen LogP contribution >= 0.6 is 11.8 Å². The third-order valence-electron chi connectivity index (χ3n) is 2.09. The van der Waals surface area contributed by atoms with Crippen molar-refractivity contribution in [2.45, 2.75) is 6.92 Å². The average molecular weight is 232 g/mol. The zero-order valence-electron chi connectivity index (χ0n) is 9.49. The molecule has 0 unspecified atom stereocenters. The zero-order chi connectivity index (χ0) is 11.8. The molecule has 0 saturated carbocycles.